The second-order valence-corrected chi connectivity index (χ2v) is 3.84. The summed E-state index contributed by atoms with van der Waals surface area (Å²) in [6.45, 7) is 3.79. The summed E-state index contributed by atoms with van der Waals surface area (Å²) in [5.41, 5.74) is 6.26. The van der Waals surface area contributed by atoms with Gasteiger partial charge in [0.2, 0.25) is 5.91 Å². The molecule has 1 rings (SSSR count). The highest BCUT2D eigenvalue weighted by molar-refractivity contribution is 5.95. The number of methoxy groups -OCH3 is 1. The predicted molar refractivity (Wildman–Crippen MR) is 76.7 cm³/mol. The fraction of sp³-hybridized carbons (Fsp3) is 0.455. The minimum atomic E-state index is -0.537. The van der Waals surface area contributed by atoms with Gasteiger partial charge >= 0.3 is 0 Å². The van der Waals surface area contributed by atoms with Crippen LogP contribution in [0.4, 0.5) is 5.69 Å². The molecule has 0 bridgehead atoms. The highest BCUT2D eigenvalue weighted by Gasteiger charge is 2.18. The minimum Gasteiger partial charge on any atom is -0.494 e. The number of anilines is 1. The summed E-state index contributed by atoms with van der Waals surface area (Å²) >= 11 is 0. The lowest BCUT2D eigenvalue weighted by Crippen LogP contribution is -2.39. The molecule has 3 N–H and O–H groups in total. The third-order valence-electron chi connectivity index (χ3n) is 2.28. The predicted octanol–water partition coefficient (Wildman–Crippen LogP) is 1.86. The highest BCUT2D eigenvalue weighted by Crippen LogP contribution is 2.21. The van der Waals surface area contributed by atoms with Crippen LogP contribution in [0.25, 0.3) is 0 Å². The molecule has 0 spiro atoms. The number of carbonyl (C=O) groups excluding carboxylic acids is 1. The Kier molecular flexibility index (Phi) is 9.61. The van der Waals surface area contributed by atoms with Gasteiger partial charge in [-0.25, -0.2) is 0 Å². The van der Waals surface area contributed by atoms with Crippen molar-refractivity contribution in [1.82, 2.24) is 4.98 Å². The first-order valence-electron chi connectivity index (χ1n) is 5.10. The van der Waals surface area contributed by atoms with Crippen molar-refractivity contribution in [2.24, 2.45) is 11.7 Å². The number of carbonyl (C=O) groups is 1. The molecule has 0 radical (unpaired) electrons. The average molecular weight is 296 g/mol. The number of halogens is 2. The molecule has 1 aromatic heterocycles. The van der Waals surface area contributed by atoms with Crippen LogP contribution in [0.15, 0.2) is 18.5 Å². The third-order valence-corrected chi connectivity index (χ3v) is 2.28. The van der Waals surface area contributed by atoms with Gasteiger partial charge in [-0.1, -0.05) is 13.8 Å². The number of nitrogens with zero attached hydrogens (tertiary/aromatic N) is 1. The second-order valence-electron chi connectivity index (χ2n) is 3.84. The molecule has 0 fully saturated rings. The molecule has 0 aliphatic carbocycles. The van der Waals surface area contributed by atoms with Crippen LogP contribution in [-0.4, -0.2) is 24.0 Å². The van der Waals surface area contributed by atoms with Gasteiger partial charge in [0.1, 0.15) is 11.4 Å². The fourth-order valence-corrected chi connectivity index (χ4v) is 1.17. The third kappa shape index (κ3) is 5.08. The number of nitrogens with two attached hydrogens (primary N) is 1. The molecular formula is C11H19Cl2N3O2. The average Bonchev–Trinajstić information content (AvgIpc) is 2.28. The number of ether oxygens (including phenoxy) is 1. The summed E-state index contributed by atoms with van der Waals surface area (Å²) in [6, 6.07) is 1.14. The Morgan fingerprint density at radius 3 is 2.56 bits per heavy atom. The lowest BCUT2D eigenvalue weighted by molar-refractivity contribution is -0.118. The molecule has 1 atom stereocenters. The zero-order valence-corrected chi connectivity index (χ0v) is 12.2. The number of amides is 1. The standard InChI is InChI=1S/C11H17N3O2.2ClH/c1-7(2)10(12)11(15)14-8-6-13-5-4-9(8)16-3;;/h4-7,10H,12H2,1-3H3,(H,14,15);2*1H/t10-;;/m0../s1. The van der Waals surface area contributed by atoms with E-state index in [1.54, 1.807) is 12.3 Å². The van der Waals surface area contributed by atoms with Gasteiger partial charge in [-0.2, -0.15) is 0 Å². The van der Waals surface area contributed by atoms with E-state index in [4.69, 9.17) is 10.5 Å². The van der Waals surface area contributed by atoms with Crippen molar-refractivity contribution in [2.45, 2.75) is 19.9 Å². The summed E-state index contributed by atoms with van der Waals surface area (Å²) in [5, 5.41) is 2.69. The van der Waals surface area contributed by atoms with Gasteiger partial charge in [0.15, 0.2) is 0 Å². The molecule has 5 nitrogen and oxygen atoms in total. The molecular weight excluding hydrogens is 277 g/mol. The molecule has 0 aliphatic heterocycles. The number of hydrogen-bond donors (Lipinski definition) is 2. The zero-order valence-electron chi connectivity index (χ0n) is 10.5. The van der Waals surface area contributed by atoms with Gasteiger partial charge in [-0.05, 0) is 5.92 Å². The van der Waals surface area contributed by atoms with Gasteiger partial charge in [0.25, 0.3) is 0 Å². The van der Waals surface area contributed by atoms with Crippen LogP contribution in [0.2, 0.25) is 0 Å². The molecule has 0 saturated heterocycles. The molecule has 0 aromatic carbocycles. The zero-order chi connectivity index (χ0) is 12.1. The summed E-state index contributed by atoms with van der Waals surface area (Å²) in [7, 11) is 1.54. The Balaban J connectivity index is 0. The van der Waals surface area contributed by atoms with Crippen LogP contribution >= 0.6 is 24.8 Å². The Morgan fingerprint density at radius 2 is 2.06 bits per heavy atom. The summed E-state index contributed by atoms with van der Waals surface area (Å²) in [6.07, 6.45) is 3.13. The monoisotopic (exact) mass is 295 g/mol. The maximum Gasteiger partial charge on any atom is 0.241 e. The maximum absolute atomic E-state index is 11.7. The molecule has 1 amide bonds. The van der Waals surface area contributed by atoms with E-state index in [1.165, 1.54) is 13.3 Å². The SMILES string of the molecule is COc1ccncc1NC(=O)[C@@H](N)C(C)C.Cl.Cl. The van der Waals surface area contributed by atoms with Crippen LogP contribution < -0.4 is 15.8 Å². The Hall–Kier alpha value is -1.04. The molecule has 18 heavy (non-hydrogen) atoms. The number of aromatic nitrogens is 1. The number of rotatable bonds is 4. The summed E-state index contributed by atoms with van der Waals surface area (Å²) < 4.78 is 5.09. The molecule has 1 aromatic rings. The van der Waals surface area contributed by atoms with E-state index in [0.717, 1.165) is 0 Å². The van der Waals surface area contributed by atoms with Gasteiger partial charge in [-0.15, -0.1) is 24.8 Å². The minimum absolute atomic E-state index is 0. The Labute approximate surface area is 119 Å². The van der Waals surface area contributed by atoms with Gasteiger partial charge < -0.3 is 15.8 Å². The van der Waals surface area contributed by atoms with E-state index in [2.05, 4.69) is 10.3 Å². The lowest BCUT2D eigenvalue weighted by Gasteiger charge is -2.16. The largest absolute Gasteiger partial charge is 0.494 e. The van der Waals surface area contributed by atoms with Crippen LogP contribution in [0, 0.1) is 5.92 Å². The van der Waals surface area contributed by atoms with E-state index in [9.17, 15) is 4.79 Å². The van der Waals surface area contributed by atoms with E-state index in [1.807, 2.05) is 13.8 Å². The van der Waals surface area contributed by atoms with E-state index < -0.39 is 6.04 Å². The van der Waals surface area contributed by atoms with Crippen molar-refractivity contribution < 1.29 is 9.53 Å². The smallest absolute Gasteiger partial charge is 0.241 e. The molecule has 0 aliphatic rings. The quantitative estimate of drug-likeness (QED) is 0.889. The van der Waals surface area contributed by atoms with Crippen LogP contribution in [0.1, 0.15) is 13.8 Å². The van der Waals surface area contributed by atoms with Crippen molar-refractivity contribution >= 4 is 36.4 Å². The Morgan fingerprint density at radius 1 is 1.44 bits per heavy atom. The first kappa shape index (κ1) is 19.3. The van der Waals surface area contributed by atoms with Gasteiger partial charge in [0, 0.05) is 12.3 Å². The summed E-state index contributed by atoms with van der Waals surface area (Å²) in [4.78, 5) is 15.6. The van der Waals surface area contributed by atoms with Crippen LogP contribution in [0.5, 0.6) is 5.75 Å². The van der Waals surface area contributed by atoms with Gasteiger partial charge in [-0.3, -0.25) is 9.78 Å². The second kappa shape index (κ2) is 8.97. The molecule has 0 unspecified atom stereocenters. The fourth-order valence-electron chi connectivity index (χ4n) is 1.17. The number of hydrogen-bond acceptors (Lipinski definition) is 4. The van der Waals surface area contributed by atoms with Gasteiger partial charge in [0.05, 0.1) is 19.3 Å². The van der Waals surface area contributed by atoms with E-state index in [-0.39, 0.29) is 36.6 Å². The Bertz CT molecular complexity index is 375. The van der Waals surface area contributed by atoms with E-state index in [0.29, 0.717) is 11.4 Å². The topological polar surface area (TPSA) is 77.2 Å². The van der Waals surface area contributed by atoms with E-state index >= 15 is 0 Å². The molecule has 0 saturated carbocycles. The van der Waals surface area contributed by atoms with Crippen LogP contribution in [0.3, 0.4) is 0 Å². The normalized spacial score (nSPS) is 10.9. The van der Waals surface area contributed by atoms with Crippen molar-refractivity contribution in [3.63, 3.8) is 0 Å². The van der Waals surface area contributed by atoms with Crippen molar-refractivity contribution in [1.29, 1.82) is 0 Å². The molecule has 7 heteroatoms. The maximum atomic E-state index is 11.7. The van der Waals surface area contributed by atoms with Crippen molar-refractivity contribution in [3.8, 4) is 5.75 Å². The molecule has 104 valence electrons. The first-order chi connectivity index (χ1) is 7.56. The van der Waals surface area contributed by atoms with Crippen molar-refractivity contribution in [2.75, 3.05) is 12.4 Å². The highest BCUT2D eigenvalue weighted by atomic mass is 35.5. The number of nitrogens with one attached hydrogen (secondary N) is 1. The number of pyridine rings is 1. The lowest BCUT2D eigenvalue weighted by atomic mass is 10.1. The molecule has 1 heterocycles. The summed E-state index contributed by atoms with van der Waals surface area (Å²) in [5.74, 6) is 0.420. The first-order valence-corrected chi connectivity index (χ1v) is 5.10. The van der Waals surface area contributed by atoms with Crippen LogP contribution in [-0.2, 0) is 4.79 Å². The van der Waals surface area contributed by atoms with Crippen molar-refractivity contribution in [3.05, 3.63) is 18.5 Å².